The molecule has 0 radical (unpaired) electrons. The molecule has 9 heteroatoms. The van der Waals surface area contributed by atoms with E-state index in [1.807, 2.05) is 5.32 Å². The normalized spacial score (nSPS) is 19.6. The van der Waals surface area contributed by atoms with Crippen molar-refractivity contribution in [2.75, 3.05) is 5.33 Å². The molecule has 0 aliphatic heterocycles. The minimum atomic E-state index is -5.64. The summed E-state index contributed by atoms with van der Waals surface area (Å²) in [7, 11) is 0. The maximum Gasteiger partial charge on any atom is 0.409 e. The summed E-state index contributed by atoms with van der Waals surface area (Å²) >= 11 is 2.98. The molecule has 0 atom stereocenters. The molecule has 1 N–H and O–H groups in total. The molecule has 0 spiro atoms. The van der Waals surface area contributed by atoms with Crippen molar-refractivity contribution >= 4 is 21.8 Å². The molecule has 0 heterocycles. The second-order valence-electron chi connectivity index (χ2n) is 4.27. The van der Waals surface area contributed by atoms with Gasteiger partial charge in [-0.1, -0.05) is 15.9 Å². The van der Waals surface area contributed by atoms with Crippen LogP contribution in [-0.4, -0.2) is 29.1 Å². The molecule has 1 aliphatic carbocycles. The quantitative estimate of drug-likeness (QED) is 0.620. The number of alkyl halides is 7. The third-order valence-corrected chi connectivity index (χ3v) is 3.95. The Morgan fingerprint density at radius 3 is 1.83 bits per heavy atom. The number of amides is 1. The molecular weight excluding hydrogens is 332 g/mol. The molecular formula is C9H10BrF6NO. The molecule has 0 aromatic carbocycles. The van der Waals surface area contributed by atoms with Crippen LogP contribution >= 0.6 is 15.9 Å². The van der Waals surface area contributed by atoms with Crippen LogP contribution in [0.4, 0.5) is 26.3 Å². The molecule has 0 bridgehead atoms. The Balaban J connectivity index is 2.84. The van der Waals surface area contributed by atoms with Crippen LogP contribution in [0.2, 0.25) is 0 Å². The summed E-state index contributed by atoms with van der Waals surface area (Å²) in [6.45, 7) is 0. The van der Waals surface area contributed by atoms with E-state index in [1.165, 1.54) is 0 Å². The highest BCUT2D eigenvalue weighted by molar-refractivity contribution is 9.09. The number of rotatable bonds is 3. The molecule has 106 valence electrons. The lowest BCUT2D eigenvalue weighted by atomic mass is 9.78. The highest BCUT2D eigenvalue weighted by atomic mass is 79.9. The van der Waals surface area contributed by atoms with E-state index in [-0.39, 0.29) is 5.33 Å². The van der Waals surface area contributed by atoms with Gasteiger partial charge in [0.05, 0.1) is 0 Å². The predicted octanol–water partition coefficient (Wildman–Crippen LogP) is 3.16. The Morgan fingerprint density at radius 1 is 1.17 bits per heavy atom. The molecule has 1 fully saturated rings. The Kier molecular flexibility index (Phi) is 4.24. The highest BCUT2D eigenvalue weighted by Crippen LogP contribution is 2.41. The molecule has 0 unspecified atom stereocenters. The maximum absolute atomic E-state index is 12.3. The van der Waals surface area contributed by atoms with E-state index in [0.717, 1.165) is 0 Å². The second-order valence-corrected chi connectivity index (χ2v) is 4.83. The van der Waals surface area contributed by atoms with Gasteiger partial charge in [-0.2, -0.15) is 26.3 Å². The van der Waals surface area contributed by atoms with Gasteiger partial charge in [0.25, 0.3) is 0 Å². The fourth-order valence-electron chi connectivity index (χ4n) is 1.71. The SMILES string of the molecule is O=C(NC1(CBr)CCC1)C(C(F)(F)F)C(F)(F)F. The summed E-state index contributed by atoms with van der Waals surface area (Å²) in [5.74, 6) is -6.00. The highest BCUT2D eigenvalue weighted by Gasteiger charge is 2.62. The third-order valence-electron chi connectivity index (χ3n) is 2.87. The van der Waals surface area contributed by atoms with Gasteiger partial charge in [0, 0.05) is 10.9 Å². The molecule has 1 rings (SSSR count). The summed E-state index contributed by atoms with van der Waals surface area (Å²) in [6.07, 6.45) is -9.88. The van der Waals surface area contributed by atoms with Crippen LogP contribution in [0.15, 0.2) is 0 Å². The van der Waals surface area contributed by atoms with Crippen molar-refractivity contribution in [2.45, 2.75) is 37.2 Å². The van der Waals surface area contributed by atoms with Crippen LogP contribution < -0.4 is 5.32 Å². The van der Waals surface area contributed by atoms with Crippen LogP contribution in [0.3, 0.4) is 0 Å². The zero-order chi connectivity index (χ0) is 14.2. The van der Waals surface area contributed by atoms with Crippen LogP contribution in [0, 0.1) is 5.92 Å². The summed E-state index contributed by atoms with van der Waals surface area (Å²) < 4.78 is 73.7. The zero-order valence-corrected chi connectivity index (χ0v) is 10.5. The molecule has 1 saturated carbocycles. The Hall–Kier alpha value is -0.470. The number of hydrogen-bond donors (Lipinski definition) is 1. The molecule has 0 aromatic rings. The van der Waals surface area contributed by atoms with E-state index >= 15 is 0 Å². The van der Waals surface area contributed by atoms with Gasteiger partial charge in [0.2, 0.25) is 11.8 Å². The number of carbonyl (C=O) groups excluding carboxylic acids is 1. The van der Waals surface area contributed by atoms with Gasteiger partial charge in [-0.3, -0.25) is 4.79 Å². The molecule has 18 heavy (non-hydrogen) atoms. The van der Waals surface area contributed by atoms with Crippen molar-refractivity contribution in [2.24, 2.45) is 5.92 Å². The summed E-state index contributed by atoms with van der Waals surface area (Å²) in [5, 5.41) is 2.00. The second kappa shape index (κ2) is 4.90. The Morgan fingerprint density at radius 2 is 1.61 bits per heavy atom. The smallest absolute Gasteiger partial charge is 0.349 e. The first kappa shape index (κ1) is 15.6. The van der Waals surface area contributed by atoms with Crippen molar-refractivity contribution < 1.29 is 31.1 Å². The molecule has 1 aliphatic rings. The minimum absolute atomic E-state index is 0.133. The minimum Gasteiger partial charge on any atom is -0.349 e. The van der Waals surface area contributed by atoms with E-state index < -0.39 is 29.7 Å². The van der Waals surface area contributed by atoms with Crippen LogP contribution in [-0.2, 0) is 4.79 Å². The fraction of sp³-hybridized carbons (Fsp3) is 0.889. The summed E-state index contributed by atoms with van der Waals surface area (Å²) in [6, 6.07) is 0. The number of hydrogen-bond acceptors (Lipinski definition) is 1. The standard InChI is InChI=1S/C9H10BrF6NO/c10-4-7(2-1-3-7)17-6(18)5(8(11,12)13)9(14,15)16/h5H,1-4H2,(H,17,18). The molecule has 1 amide bonds. The van der Waals surface area contributed by atoms with E-state index in [2.05, 4.69) is 15.9 Å². The summed E-state index contributed by atoms with van der Waals surface area (Å²) in [4.78, 5) is 11.2. The van der Waals surface area contributed by atoms with Gasteiger partial charge in [-0.15, -0.1) is 0 Å². The van der Waals surface area contributed by atoms with Gasteiger partial charge < -0.3 is 5.32 Å². The zero-order valence-electron chi connectivity index (χ0n) is 8.96. The number of carbonyl (C=O) groups is 1. The van der Waals surface area contributed by atoms with Crippen molar-refractivity contribution in [3.8, 4) is 0 Å². The van der Waals surface area contributed by atoms with E-state index in [4.69, 9.17) is 0 Å². The lowest BCUT2D eigenvalue weighted by Gasteiger charge is -2.42. The monoisotopic (exact) mass is 341 g/mol. The van der Waals surface area contributed by atoms with Crippen molar-refractivity contribution in [3.05, 3.63) is 0 Å². The number of nitrogens with one attached hydrogen (secondary N) is 1. The van der Waals surface area contributed by atoms with Crippen LogP contribution in [0.5, 0.6) is 0 Å². The van der Waals surface area contributed by atoms with Crippen molar-refractivity contribution in [1.29, 1.82) is 0 Å². The van der Waals surface area contributed by atoms with Gasteiger partial charge in [0.15, 0.2) is 0 Å². The van der Waals surface area contributed by atoms with Gasteiger partial charge in [0.1, 0.15) is 0 Å². The van der Waals surface area contributed by atoms with E-state index in [9.17, 15) is 31.1 Å². The first-order valence-corrected chi connectivity index (χ1v) is 6.15. The van der Waals surface area contributed by atoms with E-state index in [0.29, 0.717) is 19.3 Å². The fourth-order valence-corrected chi connectivity index (χ4v) is 2.41. The number of halogens is 7. The van der Waals surface area contributed by atoms with Crippen LogP contribution in [0.1, 0.15) is 19.3 Å². The Bertz CT molecular complexity index is 302. The van der Waals surface area contributed by atoms with Crippen molar-refractivity contribution in [3.63, 3.8) is 0 Å². The lowest BCUT2D eigenvalue weighted by Crippen LogP contribution is -2.59. The third kappa shape index (κ3) is 3.30. The lowest BCUT2D eigenvalue weighted by molar-refractivity contribution is -0.274. The van der Waals surface area contributed by atoms with Crippen LogP contribution in [0.25, 0.3) is 0 Å². The molecule has 0 aromatic heterocycles. The van der Waals surface area contributed by atoms with Crippen molar-refractivity contribution in [1.82, 2.24) is 5.32 Å². The largest absolute Gasteiger partial charge is 0.409 e. The Labute approximate surface area is 107 Å². The average Bonchev–Trinajstić information content (AvgIpc) is 2.06. The van der Waals surface area contributed by atoms with Gasteiger partial charge in [-0.25, -0.2) is 0 Å². The predicted molar refractivity (Wildman–Crippen MR) is 54.1 cm³/mol. The average molecular weight is 342 g/mol. The topological polar surface area (TPSA) is 29.1 Å². The van der Waals surface area contributed by atoms with Gasteiger partial charge >= 0.3 is 12.4 Å². The summed E-state index contributed by atoms with van der Waals surface area (Å²) in [5.41, 5.74) is -0.980. The molecule has 0 saturated heterocycles. The van der Waals surface area contributed by atoms with Gasteiger partial charge in [-0.05, 0) is 19.3 Å². The van der Waals surface area contributed by atoms with E-state index in [1.54, 1.807) is 0 Å². The maximum atomic E-state index is 12.3. The molecule has 2 nitrogen and oxygen atoms in total. The first-order chi connectivity index (χ1) is 8.02. The first-order valence-electron chi connectivity index (χ1n) is 5.03.